The van der Waals surface area contributed by atoms with Crippen LogP contribution in [0.4, 0.5) is 16.2 Å². The fraction of sp³-hybridized carbons (Fsp3) is 0.318. The third-order valence-corrected chi connectivity index (χ3v) is 4.15. The lowest BCUT2D eigenvalue weighted by Crippen LogP contribution is -2.34. The van der Waals surface area contributed by atoms with E-state index in [1.807, 2.05) is 13.8 Å². The number of urea groups is 1. The van der Waals surface area contributed by atoms with Crippen molar-refractivity contribution in [3.8, 4) is 5.75 Å². The van der Waals surface area contributed by atoms with Crippen LogP contribution in [0, 0.1) is 0 Å². The third kappa shape index (κ3) is 7.12. The number of ether oxygens (including phenoxy) is 1. The zero-order valence-electron chi connectivity index (χ0n) is 17.6. The van der Waals surface area contributed by atoms with Crippen LogP contribution in [0.3, 0.4) is 0 Å². The molecule has 8 nitrogen and oxygen atoms in total. The molecule has 0 radical (unpaired) electrons. The van der Waals surface area contributed by atoms with Crippen LogP contribution in [0.2, 0.25) is 0 Å². The molecule has 0 aliphatic heterocycles. The topological polar surface area (TPSA) is 109 Å². The van der Waals surface area contributed by atoms with Crippen molar-refractivity contribution in [2.45, 2.75) is 39.3 Å². The van der Waals surface area contributed by atoms with Gasteiger partial charge in [-0.3, -0.25) is 9.59 Å². The van der Waals surface area contributed by atoms with Crippen LogP contribution in [-0.2, 0) is 9.59 Å². The first kappa shape index (κ1) is 22.7. The van der Waals surface area contributed by atoms with E-state index in [1.165, 1.54) is 6.92 Å². The minimum absolute atomic E-state index is 0.0188. The average Bonchev–Trinajstić information content (AvgIpc) is 2.68. The SMILES string of the molecule is COc1ccc(C(CC(=O)Nc2ccccc2NC(=O)NC(C)C)NC(C)=O)cc1. The molecule has 1 unspecified atom stereocenters. The Morgan fingerprint density at radius 3 is 2.03 bits per heavy atom. The Bertz CT molecular complexity index is 881. The number of amides is 4. The van der Waals surface area contributed by atoms with Gasteiger partial charge in [0.2, 0.25) is 11.8 Å². The number of benzene rings is 2. The molecule has 8 heteroatoms. The lowest BCUT2D eigenvalue weighted by atomic mass is 10.0. The van der Waals surface area contributed by atoms with Gasteiger partial charge in [0.1, 0.15) is 5.75 Å². The highest BCUT2D eigenvalue weighted by Gasteiger charge is 2.18. The predicted octanol–water partition coefficient (Wildman–Crippen LogP) is 3.43. The van der Waals surface area contributed by atoms with Gasteiger partial charge in [0.25, 0.3) is 0 Å². The van der Waals surface area contributed by atoms with Gasteiger partial charge in [-0.05, 0) is 43.7 Å². The first-order valence-electron chi connectivity index (χ1n) is 9.66. The molecule has 0 saturated heterocycles. The van der Waals surface area contributed by atoms with Gasteiger partial charge in [-0.2, -0.15) is 0 Å². The Morgan fingerprint density at radius 2 is 1.50 bits per heavy atom. The van der Waals surface area contributed by atoms with E-state index in [0.29, 0.717) is 17.1 Å². The molecule has 0 spiro atoms. The van der Waals surface area contributed by atoms with E-state index in [-0.39, 0.29) is 30.3 Å². The summed E-state index contributed by atoms with van der Waals surface area (Å²) in [6, 6.07) is 13.2. The zero-order chi connectivity index (χ0) is 22.1. The number of hydrogen-bond donors (Lipinski definition) is 4. The molecule has 1 atom stereocenters. The minimum Gasteiger partial charge on any atom is -0.497 e. The Balaban J connectivity index is 2.11. The number of carbonyl (C=O) groups excluding carboxylic acids is 3. The summed E-state index contributed by atoms with van der Waals surface area (Å²) in [4.78, 5) is 36.3. The van der Waals surface area contributed by atoms with Crippen LogP contribution in [0.15, 0.2) is 48.5 Å². The van der Waals surface area contributed by atoms with Gasteiger partial charge < -0.3 is 26.0 Å². The maximum atomic E-state index is 12.7. The van der Waals surface area contributed by atoms with Gasteiger partial charge >= 0.3 is 6.03 Å². The summed E-state index contributed by atoms with van der Waals surface area (Å²) in [5, 5.41) is 11.1. The van der Waals surface area contributed by atoms with Crippen molar-refractivity contribution in [2.24, 2.45) is 0 Å². The molecule has 0 bridgehead atoms. The maximum Gasteiger partial charge on any atom is 0.319 e. The molecule has 0 heterocycles. The standard InChI is InChI=1S/C22H28N4O4/c1-14(2)23-22(29)26-19-8-6-5-7-18(19)25-21(28)13-20(24-15(3)27)16-9-11-17(30-4)12-10-16/h5-12,14,20H,13H2,1-4H3,(H,24,27)(H,25,28)(H2,23,26,29). The molecule has 30 heavy (non-hydrogen) atoms. The summed E-state index contributed by atoms with van der Waals surface area (Å²) >= 11 is 0. The molecular weight excluding hydrogens is 384 g/mol. The van der Waals surface area contributed by atoms with Crippen molar-refractivity contribution in [1.82, 2.24) is 10.6 Å². The molecule has 4 amide bonds. The first-order valence-corrected chi connectivity index (χ1v) is 9.66. The molecule has 0 aromatic heterocycles. The van der Waals surface area contributed by atoms with E-state index in [1.54, 1.807) is 55.6 Å². The number of para-hydroxylation sites is 2. The molecule has 0 saturated carbocycles. The van der Waals surface area contributed by atoms with Gasteiger partial charge in [-0.15, -0.1) is 0 Å². The van der Waals surface area contributed by atoms with Crippen LogP contribution >= 0.6 is 0 Å². The first-order chi connectivity index (χ1) is 14.3. The molecule has 0 aliphatic carbocycles. The summed E-state index contributed by atoms with van der Waals surface area (Å²) in [6.45, 7) is 5.12. The fourth-order valence-corrected chi connectivity index (χ4v) is 2.84. The predicted molar refractivity (Wildman–Crippen MR) is 117 cm³/mol. The van der Waals surface area contributed by atoms with Crippen LogP contribution in [0.25, 0.3) is 0 Å². The van der Waals surface area contributed by atoms with E-state index in [9.17, 15) is 14.4 Å². The van der Waals surface area contributed by atoms with Crippen molar-refractivity contribution in [3.63, 3.8) is 0 Å². The minimum atomic E-state index is -0.502. The van der Waals surface area contributed by atoms with Gasteiger partial charge in [0.05, 0.1) is 30.9 Å². The maximum absolute atomic E-state index is 12.7. The Labute approximate surface area is 176 Å². The van der Waals surface area contributed by atoms with Crippen molar-refractivity contribution in [1.29, 1.82) is 0 Å². The van der Waals surface area contributed by atoms with Crippen molar-refractivity contribution in [2.75, 3.05) is 17.7 Å². The van der Waals surface area contributed by atoms with Crippen molar-refractivity contribution in [3.05, 3.63) is 54.1 Å². The summed E-state index contributed by atoms with van der Waals surface area (Å²) in [5.41, 5.74) is 1.73. The molecule has 160 valence electrons. The fourth-order valence-electron chi connectivity index (χ4n) is 2.84. The molecule has 2 aromatic rings. The second-order valence-electron chi connectivity index (χ2n) is 7.08. The Kier molecular flexibility index (Phi) is 8.22. The van der Waals surface area contributed by atoms with Gasteiger partial charge in [0, 0.05) is 13.0 Å². The molecular formula is C22H28N4O4. The molecule has 0 fully saturated rings. The van der Waals surface area contributed by atoms with Gasteiger partial charge in [-0.1, -0.05) is 24.3 Å². The molecule has 2 aromatic carbocycles. The number of carbonyl (C=O) groups is 3. The molecule has 2 rings (SSSR count). The quantitative estimate of drug-likeness (QED) is 0.533. The number of anilines is 2. The number of nitrogens with one attached hydrogen (secondary N) is 4. The molecule has 4 N–H and O–H groups in total. The van der Waals surface area contributed by atoms with Crippen LogP contribution in [-0.4, -0.2) is 31.0 Å². The zero-order valence-corrected chi connectivity index (χ0v) is 17.6. The largest absolute Gasteiger partial charge is 0.497 e. The normalized spacial score (nSPS) is 11.4. The Hall–Kier alpha value is -3.55. The lowest BCUT2D eigenvalue weighted by molar-refractivity contribution is -0.120. The number of methoxy groups -OCH3 is 1. The monoisotopic (exact) mass is 412 g/mol. The smallest absolute Gasteiger partial charge is 0.319 e. The van der Waals surface area contributed by atoms with E-state index < -0.39 is 6.04 Å². The summed E-state index contributed by atoms with van der Waals surface area (Å²) in [5.74, 6) is 0.142. The van der Waals surface area contributed by atoms with Gasteiger partial charge in [0.15, 0.2) is 0 Å². The second kappa shape index (κ2) is 10.8. The van der Waals surface area contributed by atoms with Crippen molar-refractivity contribution < 1.29 is 19.1 Å². The summed E-state index contributed by atoms with van der Waals surface area (Å²) in [6.07, 6.45) is 0.0262. The second-order valence-corrected chi connectivity index (χ2v) is 7.08. The van der Waals surface area contributed by atoms with Crippen LogP contribution < -0.4 is 26.0 Å². The Morgan fingerprint density at radius 1 is 0.900 bits per heavy atom. The third-order valence-electron chi connectivity index (χ3n) is 4.15. The number of rotatable bonds is 8. The lowest BCUT2D eigenvalue weighted by Gasteiger charge is -2.19. The van der Waals surface area contributed by atoms with Gasteiger partial charge in [-0.25, -0.2) is 4.79 Å². The highest BCUT2D eigenvalue weighted by Crippen LogP contribution is 2.24. The highest BCUT2D eigenvalue weighted by atomic mass is 16.5. The molecule has 0 aliphatic rings. The number of hydrogen-bond acceptors (Lipinski definition) is 4. The van der Waals surface area contributed by atoms with E-state index in [0.717, 1.165) is 5.56 Å². The van der Waals surface area contributed by atoms with E-state index >= 15 is 0 Å². The van der Waals surface area contributed by atoms with Crippen LogP contribution in [0.1, 0.15) is 38.8 Å². The van der Waals surface area contributed by atoms with Crippen LogP contribution in [0.5, 0.6) is 5.75 Å². The summed E-state index contributed by atoms with van der Waals surface area (Å²) < 4.78 is 5.15. The summed E-state index contributed by atoms with van der Waals surface area (Å²) in [7, 11) is 1.57. The van der Waals surface area contributed by atoms with Crippen molar-refractivity contribution >= 4 is 29.2 Å². The average molecular weight is 412 g/mol. The van der Waals surface area contributed by atoms with E-state index in [2.05, 4.69) is 21.3 Å². The van der Waals surface area contributed by atoms with E-state index in [4.69, 9.17) is 4.74 Å². The highest BCUT2D eigenvalue weighted by molar-refractivity contribution is 5.99.